The van der Waals surface area contributed by atoms with Gasteiger partial charge in [-0.05, 0) is 25.7 Å². The van der Waals surface area contributed by atoms with Crippen molar-refractivity contribution < 1.29 is 9.90 Å². The molecule has 0 saturated carbocycles. The van der Waals surface area contributed by atoms with E-state index in [1.165, 1.54) is 6.42 Å². The average Bonchev–Trinajstić information content (AvgIpc) is 2.22. The lowest BCUT2D eigenvalue weighted by Crippen LogP contribution is -2.36. The molecule has 0 radical (unpaired) electrons. The number of rotatable bonds is 8. The van der Waals surface area contributed by atoms with Crippen molar-refractivity contribution in [1.82, 2.24) is 10.6 Å². The number of nitrogens with one attached hydrogen (secondary N) is 2. The van der Waals surface area contributed by atoms with Crippen molar-refractivity contribution >= 4 is 6.03 Å². The third-order valence-electron chi connectivity index (χ3n) is 1.94. The number of aliphatic hydroxyl groups is 1. The predicted octanol–water partition coefficient (Wildman–Crippen LogP) is 1.76. The Morgan fingerprint density at radius 1 is 1.20 bits per heavy atom. The molecule has 0 aromatic rings. The van der Waals surface area contributed by atoms with Gasteiger partial charge in [-0.15, -0.1) is 0 Å². The molecular weight excluding hydrogens is 192 g/mol. The lowest BCUT2D eigenvalue weighted by Gasteiger charge is -2.03. The second-order valence-corrected chi connectivity index (χ2v) is 3.35. The zero-order chi connectivity index (χ0) is 11.4. The summed E-state index contributed by atoms with van der Waals surface area (Å²) in [6.45, 7) is 2.51. The van der Waals surface area contributed by atoms with Crippen LogP contribution in [0.15, 0.2) is 12.2 Å². The monoisotopic (exact) mass is 214 g/mol. The normalized spacial score (nSPS) is 10.5. The zero-order valence-electron chi connectivity index (χ0n) is 9.46. The maximum absolute atomic E-state index is 10.8. The highest BCUT2D eigenvalue weighted by atomic mass is 16.3. The Balaban J connectivity index is 3.14. The van der Waals surface area contributed by atoms with Crippen molar-refractivity contribution in [2.75, 3.05) is 13.3 Å². The van der Waals surface area contributed by atoms with Gasteiger partial charge in [0.25, 0.3) is 0 Å². The van der Waals surface area contributed by atoms with Gasteiger partial charge in [-0.3, -0.25) is 0 Å². The topological polar surface area (TPSA) is 61.4 Å². The highest BCUT2D eigenvalue weighted by Crippen LogP contribution is 1.97. The van der Waals surface area contributed by atoms with E-state index in [1.807, 2.05) is 0 Å². The van der Waals surface area contributed by atoms with Crippen LogP contribution in [0.3, 0.4) is 0 Å². The number of unbranched alkanes of at least 4 members (excludes halogenated alkanes) is 3. The van der Waals surface area contributed by atoms with E-state index in [9.17, 15) is 4.79 Å². The molecule has 4 nitrogen and oxygen atoms in total. The summed E-state index contributed by atoms with van der Waals surface area (Å²) in [5, 5.41) is 13.3. The Morgan fingerprint density at radius 2 is 1.93 bits per heavy atom. The maximum Gasteiger partial charge on any atom is 0.316 e. The van der Waals surface area contributed by atoms with E-state index in [0.717, 1.165) is 25.7 Å². The summed E-state index contributed by atoms with van der Waals surface area (Å²) >= 11 is 0. The molecule has 2 amide bonds. The van der Waals surface area contributed by atoms with E-state index in [1.54, 1.807) is 0 Å². The quantitative estimate of drug-likeness (QED) is 0.327. The molecule has 0 aliphatic carbocycles. The van der Waals surface area contributed by atoms with Crippen LogP contribution in [0.1, 0.15) is 39.0 Å². The van der Waals surface area contributed by atoms with Gasteiger partial charge in [-0.2, -0.15) is 0 Å². The summed E-state index contributed by atoms with van der Waals surface area (Å²) in [4.78, 5) is 10.8. The molecule has 0 atom stereocenters. The third kappa shape index (κ3) is 10.9. The van der Waals surface area contributed by atoms with Gasteiger partial charge in [-0.25, -0.2) is 4.79 Å². The van der Waals surface area contributed by atoms with Gasteiger partial charge < -0.3 is 15.7 Å². The van der Waals surface area contributed by atoms with Gasteiger partial charge in [0.1, 0.15) is 6.73 Å². The summed E-state index contributed by atoms with van der Waals surface area (Å²) in [5.74, 6) is 0. The van der Waals surface area contributed by atoms with E-state index in [-0.39, 0.29) is 12.8 Å². The molecule has 0 aliphatic heterocycles. The highest BCUT2D eigenvalue weighted by Gasteiger charge is 1.95. The Bertz CT molecular complexity index is 181. The maximum atomic E-state index is 10.8. The van der Waals surface area contributed by atoms with Crippen molar-refractivity contribution in [3.63, 3.8) is 0 Å². The number of hydrogen-bond acceptors (Lipinski definition) is 2. The van der Waals surface area contributed by atoms with Crippen molar-refractivity contribution in [2.24, 2.45) is 0 Å². The Kier molecular flexibility index (Phi) is 10.3. The molecule has 0 rings (SSSR count). The highest BCUT2D eigenvalue weighted by molar-refractivity contribution is 5.73. The minimum Gasteiger partial charge on any atom is -0.376 e. The fourth-order valence-electron chi connectivity index (χ4n) is 1.13. The number of allylic oxidation sites excluding steroid dienone is 2. The van der Waals surface area contributed by atoms with Crippen molar-refractivity contribution in [3.05, 3.63) is 12.2 Å². The van der Waals surface area contributed by atoms with E-state index >= 15 is 0 Å². The second-order valence-electron chi connectivity index (χ2n) is 3.35. The molecule has 3 N–H and O–H groups in total. The molecule has 0 unspecified atom stereocenters. The fourth-order valence-corrected chi connectivity index (χ4v) is 1.13. The first kappa shape index (κ1) is 14.0. The molecule has 0 heterocycles. The van der Waals surface area contributed by atoms with Crippen LogP contribution in [0.5, 0.6) is 0 Å². The van der Waals surface area contributed by atoms with Gasteiger partial charge in [0, 0.05) is 6.54 Å². The second kappa shape index (κ2) is 11.0. The fraction of sp³-hybridized carbons (Fsp3) is 0.727. The van der Waals surface area contributed by atoms with Crippen molar-refractivity contribution in [2.45, 2.75) is 39.0 Å². The van der Waals surface area contributed by atoms with Gasteiger partial charge in [0.15, 0.2) is 0 Å². The lowest BCUT2D eigenvalue weighted by atomic mass is 10.2. The molecule has 0 aliphatic rings. The van der Waals surface area contributed by atoms with Crippen molar-refractivity contribution in [3.8, 4) is 0 Å². The molecule has 15 heavy (non-hydrogen) atoms. The Hall–Kier alpha value is -1.03. The zero-order valence-corrected chi connectivity index (χ0v) is 9.46. The molecule has 0 bridgehead atoms. The first-order valence-electron chi connectivity index (χ1n) is 5.58. The van der Waals surface area contributed by atoms with Crippen LogP contribution in [0.2, 0.25) is 0 Å². The summed E-state index contributed by atoms with van der Waals surface area (Å²) in [6, 6.07) is -0.306. The summed E-state index contributed by atoms with van der Waals surface area (Å²) in [6.07, 6.45) is 9.86. The van der Waals surface area contributed by atoms with E-state index < -0.39 is 0 Å². The summed E-state index contributed by atoms with van der Waals surface area (Å²) in [5.41, 5.74) is 0. The molecule has 0 saturated heterocycles. The Labute approximate surface area is 91.8 Å². The third-order valence-corrected chi connectivity index (χ3v) is 1.94. The minimum atomic E-state index is -0.314. The van der Waals surface area contributed by atoms with E-state index in [2.05, 4.69) is 29.7 Å². The van der Waals surface area contributed by atoms with E-state index in [0.29, 0.717) is 6.54 Å². The van der Waals surface area contributed by atoms with Crippen LogP contribution < -0.4 is 10.6 Å². The summed E-state index contributed by atoms with van der Waals surface area (Å²) in [7, 11) is 0. The molecule has 4 heteroatoms. The lowest BCUT2D eigenvalue weighted by molar-refractivity contribution is 0.217. The Morgan fingerprint density at radius 3 is 2.60 bits per heavy atom. The standard InChI is InChI=1S/C11H22N2O2/c1-2-3-4-5-6-7-8-9-12-11(15)13-10-14/h4-5,14H,2-3,6-10H2,1H3,(H2,12,13,15)/b5-4+. The van der Waals surface area contributed by atoms with Gasteiger partial charge >= 0.3 is 6.03 Å². The summed E-state index contributed by atoms with van der Waals surface area (Å²) < 4.78 is 0. The van der Waals surface area contributed by atoms with Crippen LogP contribution in [-0.4, -0.2) is 24.4 Å². The number of aliphatic hydroxyl groups excluding tert-OH is 1. The molecule has 0 fully saturated rings. The number of carbonyl (C=O) groups excluding carboxylic acids is 1. The number of carbonyl (C=O) groups is 1. The smallest absolute Gasteiger partial charge is 0.316 e. The molecule has 88 valence electrons. The van der Waals surface area contributed by atoms with Crippen molar-refractivity contribution in [1.29, 1.82) is 0 Å². The SMILES string of the molecule is CCC/C=C/CCCCNC(=O)NCO. The van der Waals surface area contributed by atoms with Gasteiger partial charge in [0.2, 0.25) is 0 Å². The molecule has 0 spiro atoms. The molecular formula is C11H22N2O2. The largest absolute Gasteiger partial charge is 0.376 e. The minimum absolute atomic E-state index is 0.306. The van der Waals surface area contributed by atoms with Crippen LogP contribution in [0.4, 0.5) is 4.79 Å². The van der Waals surface area contributed by atoms with E-state index in [4.69, 9.17) is 5.11 Å². The average molecular weight is 214 g/mol. The predicted molar refractivity (Wildman–Crippen MR) is 61.5 cm³/mol. The first-order chi connectivity index (χ1) is 7.31. The van der Waals surface area contributed by atoms with Gasteiger partial charge in [0.05, 0.1) is 0 Å². The number of amides is 2. The van der Waals surface area contributed by atoms with Crippen LogP contribution >= 0.6 is 0 Å². The number of hydrogen-bond donors (Lipinski definition) is 3. The number of urea groups is 1. The van der Waals surface area contributed by atoms with Crippen LogP contribution in [0.25, 0.3) is 0 Å². The molecule has 0 aromatic heterocycles. The van der Waals surface area contributed by atoms with Gasteiger partial charge in [-0.1, -0.05) is 25.5 Å². The van der Waals surface area contributed by atoms with Crippen LogP contribution in [-0.2, 0) is 0 Å². The molecule has 0 aromatic carbocycles. The van der Waals surface area contributed by atoms with Crippen LogP contribution in [0, 0.1) is 0 Å². The first-order valence-corrected chi connectivity index (χ1v) is 5.58.